The predicted octanol–water partition coefficient (Wildman–Crippen LogP) is 1.75. The van der Waals surface area contributed by atoms with E-state index in [-0.39, 0.29) is 5.91 Å². The normalized spacial score (nSPS) is 11.2. The quantitative estimate of drug-likeness (QED) is 0.561. The first-order valence-corrected chi connectivity index (χ1v) is 7.94. The van der Waals surface area contributed by atoms with Crippen LogP contribution < -0.4 is 16.4 Å². The van der Waals surface area contributed by atoms with Gasteiger partial charge in [-0.2, -0.15) is 0 Å². The van der Waals surface area contributed by atoms with Gasteiger partial charge in [0.25, 0.3) is 5.91 Å². The lowest BCUT2D eigenvalue weighted by Gasteiger charge is -2.05. The van der Waals surface area contributed by atoms with Crippen LogP contribution in [0.15, 0.2) is 46.8 Å². The Balaban J connectivity index is 1.78. The highest BCUT2D eigenvalue weighted by molar-refractivity contribution is 7.09. The number of guanidine groups is 1. The van der Waals surface area contributed by atoms with Gasteiger partial charge in [0.1, 0.15) is 0 Å². The minimum absolute atomic E-state index is 0.0928. The Morgan fingerprint density at radius 3 is 2.68 bits per heavy atom. The lowest BCUT2D eigenvalue weighted by atomic mass is 10.1. The maximum atomic E-state index is 11.4. The first-order chi connectivity index (χ1) is 10.7. The first kappa shape index (κ1) is 16.0. The van der Waals surface area contributed by atoms with E-state index in [1.807, 2.05) is 18.2 Å². The lowest BCUT2D eigenvalue weighted by molar-refractivity contribution is 0.0963. The van der Waals surface area contributed by atoms with E-state index in [4.69, 9.17) is 5.73 Å². The molecule has 6 heteroatoms. The largest absolute Gasteiger partial charge is 0.370 e. The average molecular weight is 316 g/mol. The van der Waals surface area contributed by atoms with Crippen LogP contribution in [0, 0.1) is 0 Å². The second-order valence-electron chi connectivity index (χ2n) is 4.73. The highest BCUT2D eigenvalue weighted by atomic mass is 32.1. The van der Waals surface area contributed by atoms with E-state index >= 15 is 0 Å². The summed E-state index contributed by atoms with van der Waals surface area (Å²) in [6.45, 7) is 1.26. The predicted molar refractivity (Wildman–Crippen MR) is 91.2 cm³/mol. The summed E-state index contributed by atoms with van der Waals surface area (Å²) < 4.78 is 0. The second-order valence-corrected chi connectivity index (χ2v) is 5.77. The molecule has 0 spiro atoms. The molecule has 5 nitrogen and oxygen atoms in total. The monoisotopic (exact) mass is 316 g/mol. The van der Waals surface area contributed by atoms with Gasteiger partial charge in [-0.1, -0.05) is 18.2 Å². The summed E-state index contributed by atoms with van der Waals surface area (Å²) in [7, 11) is 1.61. The molecule has 1 aromatic carbocycles. The number of benzene rings is 1. The third-order valence-corrected chi connectivity index (χ3v) is 4.07. The van der Waals surface area contributed by atoms with Gasteiger partial charge in [0.2, 0.25) is 0 Å². The molecule has 0 radical (unpaired) electrons. The molecule has 1 aromatic heterocycles. The topological polar surface area (TPSA) is 79.5 Å². The zero-order valence-electron chi connectivity index (χ0n) is 12.5. The van der Waals surface area contributed by atoms with Crippen LogP contribution in [0.3, 0.4) is 0 Å². The number of amides is 1. The van der Waals surface area contributed by atoms with Gasteiger partial charge in [0, 0.05) is 24.0 Å². The van der Waals surface area contributed by atoms with Crippen LogP contribution in [0.5, 0.6) is 0 Å². The lowest BCUT2D eigenvalue weighted by Crippen LogP contribution is -2.33. The SMILES string of the molecule is CNC(=O)c1ccc(CN=C(N)NCCc2cccs2)cc1. The van der Waals surface area contributed by atoms with Crippen molar-refractivity contribution >= 4 is 23.2 Å². The van der Waals surface area contributed by atoms with E-state index in [2.05, 4.69) is 27.1 Å². The van der Waals surface area contributed by atoms with Gasteiger partial charge < -0.3 is 16.4 Å². The molecule has 22 heavy (non-hydrogen) atoms. The number of carbonyl (C=O) groups excluding carboxylic acids is 1. The number of nitrogens with two attached hydrogens (primary N) is 1. The van der Waals surface area contributed by atoms with Crippen LogP contribution in [-0.2, 0) is 13.0 Å². The van der Waals surface area contributed by atoms with Gasteiger partial charge >= 0.3 is 0 Å². The minimum atomic E-state index is -0.0928. The summed E-state index contributed by atoms with van der Waals surface area (Å²) in [4.78, 5) is 17.1. The summed E-state index contributed by atoms with van der Waals surface area (Å²) in [6.07, 6.45) is 0.939. The fraction of sp³-hybridized carbons (Fsp3) is 0.250. The molecule has 0 aliphatic heterocycles. The molecule has 1 heterocycles. The van der Waals surface area contributed by atoms with Gasteiger partial charge in [-0.3, -0.25) is 4.79 Å². The number of aliphatic imine (C=N–C) groups is 1. The number of nitrogens with one attached hydrogen (secondary N) is 2. The first-order valence-electron chi connectivity index (χ1n) is 7.06. The van der Waals surface area contributed by atoms with Gasteiger partial charge in [-0.05, 0) is 35.6 Å². The maximum absolute atomic E-state index is 11.4. The van der Waals surface area contributed by atoms with Crippen molar-refractivity contribution in [2.45, 2.75) is 13.0 Å². The van der Waals surface area contributed by atoms with Gasteiger partial charge in [0.15, 0.2) is 5.96 Å². The fourth-order valence-electron chi connectivity index (χ4n) is 1.91. The highest BCUT2D eigenvalue weighted by Gasteiger charge is 2.02. The molecule has 0 aliphatic rings. The molecule has 0 atom stereocenters. The van der Waals surface area contributed by atoms with Crippen LogP contribution in [0.2, 0.25) is 0 Å². The smallest absolute Gasteiger partial charge is 0.251 e. The number of carbonyl (C=O) groups is 1. The number of nitrogens with zero attached hydrogens (tertiary/aromatic N) is 1. The van der Waals surface area contributed by atoms with Crippen LogP contribution in [0.1, 0.15) is 20.8 Å². The summed E-state index contributed by atoms with van der Waals surface area (Å²) in [5, 5.41) is 7.75. The molecule has 2 aromatic rings. The van der Waals surface area contributed by atoms with Crippen molar-refractivity contribution < 1.29 is 4.79 Å². The molecule has 0 saturated carbocycles. The van der Waals surface area contributed by atoms with Crippen molar-refractivity contribution in [3.63, 3.8) is 0 Å². The molecule has 116 valence electrons. The van der Waals surface area contributed by atoms with E-state index in [1.54, 1.807) is 30.5 Å². The molecule has 0 fully saturated rings. The Hall–Kier alpha value is -2.34. The zero-order valence-corrected chi connectivity index (χ0v) is 13.3. The Bertz CT molecular complexity index is 620. The highest BCUT2D eigenvalue weighted by Crippen LogP contribution is 2.08. The van der Waals surface area contributed by atoms with Crippen molar-refractivity contribution in [2.75, 3.05) is 13.6 Å². The Morgan fingerprint density at radius 1 is 1.27 bits per heavy atom. The number of thiophene rings is 1. The molecular formula is C16H20N4OS. The van der Waals surface area contributed by atoms with Crippen LogP contribution in [0.4, 0.5) is 0 Å². The molecule has 1 amide bonds. The van der Waals surface area contributed by atoms with Crippen molar-refractivity contribution in [1.29, 1.82) is 0 Å². The van der Waals surface area contributed by atoms with Gasteiger partial charge in [-0.15, -0.1) is 11.3 Å². The van der Waals surface area contributed by atoms with E-state index < -0.39 is 0 Å². The van der Waals surface area contributed by atoms with Crippen molar-refractivity contribution in [3.8, 4) is 0 Å². The number of hydrogen-bond donors (Lipinski definition) is 3. The van der Waals surface area contributed by atoms with Gasteiger partial charge in [-0.25, -0.2) is 4.99 Å². The fourth-order valence-corrected chi connectivity index (χ4v) is 2.62. The van der Waals surface area contributed by atoms with E-state index in [1.165, 1.54) is 4.88 Å². The molecular weight excluding hydrogens is 296 g/mol. The second kappa shape index (κ2) is 8.19. The Labute approximate surface area is 134 Å². The molecule has 2 rings (SSSR count). The van der Waals surface area contributed by atoms with Crippen LogP contribution in [0.25, 0.3) is 0 Å². The number of hydrogen-bond acceptors (Lipinski definition) is 3. The third kappa shape index (κ3) is 4.89. The summed E-state index contributed by atoms with van der Waals surface area (Å²) in [5.74, 6) is 0.344. The maximum Gasteiger partial charge on any atom is 0.251 e. The van der Waals surface area contributed by atoms with Crippen LogP contribution in [-0.4, -0.2) is 25.5 Å². The van der Waals surface area contributed by atoms with Crippen molar-refractivity contribution in [1.82, 2.24) is 10.6 Å². The summed E-state index contributed by atoms with van der Waals surface area (Å²) >= 11 is 1.74. The van der Waals surface area contributed by atoms with E-state index in [0.717, 1.165) is 18.5 Å². The Morgan fingerprint density at radius 2 is 2.05 bits per heavy atom. The standard InChI is InChI=1S/C16H20N4OS/c1-18-15(21)13-6-4-12(5-7-13)11-20-16(17)19-9-8-14-3-2-10-22-14/h2-7,10H,8-9,11H2,1H3,(H,18,21)(H3,17,19,20). The van der Waals surface area contributed by atoms with Gasteiger partial charge in [0.05, 0.1) is 6.54 Å². The molecule has 0 bridgehead atoms. The van der Waals surface area contributed by atoms with E-state index in [0.29, 0.717) is 18.1 Å². The molecule has 0 aliphatic carbocycles. The molecule has 4 N–H and O–H groups in total. The van der Waals surface area contributed by atoms with Crippen molar-refractivity contribution in [3.05, 3.63) is 57.8 Å². The van der Waals surface area contributed by atoms with Crippen molar-refractivity contribution in [2.24, 2.45) is 10.7 Å². The number of rotatable bonds is 6. The third-order valence-electron chi connectivity index (χ3n) is 3.13. The minimum Gasteiger partial charge on any atom is -0.370 e. The molecule has 0 saturated heterocycles. The summed E-state index contributed by atoms with van der Waals surface area (Å²) in [6, 6.07) is 11.5. The zero-order chi connectivity index (χ0) is 15.8. The van der Waals surface area contributed by atoms with Crippen LogP contribution >= 0.6 is 11.3 Å². The summed E-state index contributed by atoms with van der Waals surface area (Å²) in [5.41, 5.74) is 7.49. The Kier molecular flexibility index (Phi) is 5.97. The van der Waals surface area contributed by atoms with E-state index in [9.17, 15) is 4.79 Å². The molecule has 0 unspecified atom stereocenters. The average Bonchev–Trinajstić information content (AvgIpc) is 3.06.